The van der Waals surface area contributed by atoms with Crippen LogP contribution in [-0.4, -0.2) is 42.2 Å². The Balaban J connectivity index is 1.74. The summed E-state index contributed by atoms with van der Waals surface area (Å²) >= 11 is 1.17. The lowest BCUT2D eigenvalue weighted by Gasteiger charge is -2.29. The van der Waals surface area contributed by atoms with E-state index in [9.17, 15) is 18.0 Å². The van der Waals surface area contributed by atoms with Crippen molar-refractivity contribution >= 4 is 17.7 Å². The maximum atomic E-state index is 12.9. The van der Waals surface area contributed by atoms with Crippen molar-refractivity contribution in [3.05, 3.63) is 29.3 Å². The largest absolute Gasteiger partial charge is 0.416 e. The van der Waals surface area contributed by atoms with Gasteiger partial charge in [-0.2, -0.15) is 13.2 Å². The van der Waals surface area contributed by atoms with E-state index in [1.54, 1.807) is 6.26 Å². The molecule has 138 valence electrons. The SMILES string of the molecule is CSc1cc(C(F)(F)F)ccc1C(=O)N[C@@H]1CCC[C@@H]1N1CCCC1. The highest BCUT2D eigenvalue weighted by Gasteiger charge is 2.35. The molecule has 1 N–H and O–H groups in total. The van der Waals surface area contributed by atoms with Crippen molar-refractivity contribution in [3.8, 4) is 0 Å². The average molecular weight is 372 g/mol. The van der Waals surface area contributed by atoms with Gasteiger partial charge < -0.3 is 5.32 Å². The van der Waals surface area contributed by atoms with Crippen molar-refractivity contribution in [1.82, 2.24) is 10.2 Å². The van der Waals surface area contributed by atoms with Crippen LogP contribution in [0, 0.1) is 0 Å². The molecule has 1 aliphatic heterocycles. The highest BCUT2D eigenvalue weighted by molar-refractivity contribution is 7.98. The number of carbonyl (C=O) groups is 1. The lowest BCUT2D eigenvalue weighted by Crippen LogP contribution is -2.47. The minimum Gasteiger partial charge on any atom is -0.348 e. The van der Waals surface area contributed by atoms with Crippen LogP contribution in [0.5, 0.6) is 0 Å². The van der Waals surface area contributed by atoms with Crippen LogP contribution in [0.3, 0.4) is 0 Å². The Hall–Kier alpha value is -1.21. The van der Waals surface area contributed by atoms with Gasteiger partial charge >= 0.3 is 6.18 Å². The van der Waals surface area contributed by atoms with Crippen LogP contribution in [-0.2, 0) is 6.18 Å². The summed E-state index contributed by atoms with van der Waals surface area (Å²) in [6.45, 7) is 2.15. The van der Waals surface area contributed by atoms with Crippen molar-refractivity contribution in [2.24, 2.45) is 0 Å². The highest BCUT2D eigenvalue weighted by Crippen LogP contribution is 2.33. The first-order valence-electron chi connectivity index (χ1n) is 8.70. The molecule has 1 saturated heterocycles. The number of likely N-dealkylation sites (tertiary alicyclic amines) is 1. The molecule has 0 bridgehead atoms. The molecule has 0 spiro atoms. The van der Waals surface area contributed by atoms with Gasteiger partial charge in [0.1, 0.15) is 0 Å². The summed E-state index contributed by atoms with van der Waals surface area (Å²) in [5, 5.41) is 3.08. The Labute approximate surface area is 150 Å². The molecule has 2 atom stereocenters. The molecule has 0 unspecified atom stereocenters. The third-order valence-electron chi connectivity index (χ3n) is 5.18. The zero-order chi connectivity index (χ0) is 18.0. The van der Waals surface area contributed by atoms with Crippen LogP contribution in [0.2, 0.25) is 0 Å². The van der Waals surface area contributed by atoms with E-state index in [1.165, 1.54) is 30.7 Å². The molecule has 1 aromatic rings. The van der Waals surface area contributed by atoms with Gasteiger partial charge in [-0.15, -0.1) is 11.8 Å². The van der Waals surface area contributed by atoms with Crippen molar-refractivity contribution < 1.29 is 18.0 Å². The standard InChI is InChI=1S/C18H23F3N2OS/c1-25-16-11-12(18(19,20)21)7-8-13(16)17(24)22-14-5-4-6-15(14)23-9-2-3-10-23/h7-8,11,14-15H,2-6,9-10H2,1H3,(H,22,24)/t14-,15+/m1/s1. The third-order valence-corrected chi connectivity index (χ3v) is 5.96. The summed E-state index contributed by atoms with van der Waals surface area (Å²) in [6, 6.07) is 3.79. The fraction of sp³-hybridized carbons (Fsp3) is 0.611. The Kier molecular flexibility index (Phi) is 5.63. The smallest absolute Gasteiger partial charge is 0.348 e. The number of hydrogen-bond donors (Lipinski definition) is 1. The van der Waals surface area contributed by atoms with E-state index in [-0.39, 0.29) is 11.9 Å². The summed E-state index contributed by atoms with van der Waals surface area (Å²) in [5.41, 5.74) is -0.392. The molecule has 0 aromatic heterocycles. The number of amides is 1. The summed E-state index contributed by atoms with van der Waals surface area (Å²) in [6.07, 6.45) is 2.78. The number of halogens is 3. The van der Waals surface area contributed by atoms with E-state index >= 15 is 0 Å². The molecule has 3 rings (SSSR count). The number of thioether (sulfide) groups is 1. The fourth-order valence-electron chi connectivity index (χ4n) is 3.92. The molecule has 3 nitrogen and oxygen atoms in total. The molecule has 1 amide bonds. The normalized spacial score (nSPS) is 24.6. The maximum Gasteiger partial charge on any atom is 0.416 e. The number of carbonyl (C=O) groups excluding carboxylic acids is 1. The molecule has 2 aliphatic rings. The molecule has 0 radical (unpaired) electrons. The summed E-state index contributed by atoms with van der Waals surface area (Å²) in [4.78, 5) is 15.5. The monoisotopic (exact) mass is 372 g/mol. The number of nitrogens with zero attached hydrogens (tertiary/aromatic N) is 1. The van der Waals surface area contributed by atoms with Gasteiger partial charge in [-0.3, -0.25) is 9.69 Å². The topological polar surface area (TPSA) is 32.3 Å². The van der Waals surface area contributed by atoms with Crippen LogP contribution in [0.1, 0.15) is 48.0 Å². The van der Waals surface area contributed by atoms with Gasteiger partial charge in [-0.25, -0.2) is 0 Å². The van der Waals surface area contributed by atoms with Gasteiger partial charge in [-0.05, 0) is 69.6 Å². The molecular weight excluding hydrogens is 349 g/mol. The quantitative estimate of drug-likeness (QED) is 0.805. The Morgan fingerprint density at radius 2 is 1.92 bits per heavy atom. The Morgan fingerprint density at radius 1 is 1.20 bits per heavy atom. The minimum atomic E-state index is -4.40. The minimum absolute atomic E-state index is 0.0857. The first-order valence-corrected chi connectivity index (χ1v) is 9.93. The molecule has 7 heteroatoms. The lowest BCUT2D eigenvalue weighted by molar-refractivity contribution is -0.137. The van der Waals surface area contributed by atoms with Crippen LogP contribution in [0.4, 0.5) is 13.2 Å². The van der Waals surface area contributed by atoms with Crippen LogP contribution in [0.15, 0.2) is 23.1 Å². The van der Waals surface area contributed by atoms with Crippen molar-refractivity contribution in [2.75, 3.05) is 19.3 Å². The first-order chi connectivity index (χ1) is 11.9. The molecule has 1 aliphatic carbocycles. The van der Waals surface area contributed by atoms with Crippen LogP contribution >= 0.6 is 11.8 Å². The number of hydrogen-bond acceptors (Lipinski definition) is 3. The number of rotatable bonds is 4. The van der Waals surface area contributed by atoms with E-state index in [1.807, 2.05) is 0 Å². The third kappa shape index (κ3) is 4.14. The summed E-state index contributed by atoms with van der Waals surface area (Å²) in [7, 11) is 0. The number of alkyl halides is 3. The van der Waals surface area contributed by atoms with Crippen LogP contribution < -0.4 is 5.32 Å². The molecule has 2 fully saturated rings. The van der Waals surface area contributed by atoms with Gasteiger partial charge in [0.2, 0.25) is 0 Å². The zero-order valence-electron chi connectivity index (χ0n) is 14.2. The molecule has 1 heterocycles. The van der Waals surface area contributed by atoms with Gasteiger partial charge in [0.15, 0.2) is 0 Å². The number of nitrogens with one attached hydrogen (secondary N) is 1. The Morgan fingerprint density at radius 3 is 2.56 bits per heavy atom. The number of benzene rings is 1. The molecule has 1 aromatic carbocycles. The molecule has 25 heavy (non-hydrogen) atoms. The van der Waals surface area contributed by atoms with Gasteiger partial charge in [0.25, 0.3) is 5.91 Å². The fourth-order valence-corrected chi connectivity index (χ4v) is 4.55. The van der Waals surface area contributed by atoms with E-state index in [4.69, 9.17) is 0 Å². The van der Waals surface area contributed by atoms with E-state index < -0.39 is 11.7 Å². The average Bonchev–Trinajstić information content (AvgIpc) is 3.24. The van der Waals surface area contributed by atoms with Gasteiger partial charge in [0.05, 0.1) is 11.1 Å². The van der Waals surface area contributed by atoms with Gasteiger partial charge in [-0.1, -0.05) is 0 Å². The second kappa shape index (κ2) is 7.58. The second-order valence-electron chi connectivity index (χ2n) is 6.73. The summed E-state index contributed by atoms with van der Waals surface area (Å²) < 4.78 is 38.6. The van der Waals surface area contributed by atoms with Gasteiger partial charge in [0, 0.05) is 17.0 Å². The lowest BCUT2D eigenvalue weighted by atomic mass is 10.1. The van der Waals surface area contributed by atoms with Crippen molar-refractivity contribution in [3.63, 3.8) is 0 Å². The maximum absolute atomic E-state index is 12.9. The van der Waals surface area contributed by atoms with Crippen molar-refractivity contribution in [2.45, 2.75) is 55.3 Å². The predicted molar refractivity (Wildman–Crippen MR) is 92.9 cm³/mol. The highest BCUT2D eigenvalue weighted by atomic mass is 32.2. The van der Waals surface area contributed by atoms with Crippen LogP contribution in [0.25, 0.3) is 0 Å². The van der Waals surface area contributed by atoms with Crippen molar-refractivity contribution in [1.29, 1.82) is 0 Å². The molecule has 1 saturated carbocycles. The van der Waals surface area contributed by atoms with E-state index in [0.29, 0.717) is 16.5 Å². The van der Waals surface area contributed by atoms with E-state index in [0.717, 1.165) is 44.5 Å². The zero-order valence-corrected chi connectivity index (χ0v) is 15.1. The van der Waals surface area contributed by atoms with E-state index in [2.05, 4.69) is 10.2 Å². The Bertz CT molecular complexity index is 629. The summed E-state index contributed by atoms with van der Waals surface area (Å²) in [5.74, 6) is -0.269. The second-order valence-corrected chi connectivity index (χ2v) is 7.58. The first kappa shape index (κ1) is 18.6. The predicted octanol–water partition coefficient (Wildman–Crippen LogP) is 4.17. The molecular formula is C18H23F3N2OS.